The lowest BCUT2D eigenvalue weighted by Gasteiger charge is -2.52. The largest absolute Gasteiger partial charge is 0.388 e. The molecule has 0 aliphatic carbocycles. The minimum atomic E-state index is -0.762. The molecule has 0 aromatic carbocycles. The quantitative estimate of drug-likeness (QED) is 0.628. The zero-order chi connectivity index (χ0) is 20.9. The van der Waals surface area contributed by atoms with Gasteiger partial charge in [-0.25, -0.2) is 0 Å². The maximum Gasteiger partial charge on any atom is 0.236 e. The number of carbonyl (C=O) groups excluding carboxylic acids is 2. The Morgan fingerprint density at radius 3 is 2.66 bits per heavy atom. The molecule has 1 aromatic rings. The monoisotopic (exact) mass is 404 g/mol. The first-order valence-electron chi connectivity index (χ1n) is 10.3. The number of hydrogen-bond donors (Lipinski definition) is 3. The summed E-state index contributed by atoms with van der Waals surface area (Å²) in [5, 5.41) is 16.5. The van der Waals surface area contributed by atoms with Gasteiger partial charge < -0.3 is 25.4 Å². The number of piperidine rings is 1. The first-order chi connectivity index (χ1) is 13.9. The third kappa shape index (κ3) is 5.32. The lowest BCUT2D eigenvalue weighted by Crippen LogP contribution is -2.66. The second-order valence-corrected chi connectivity index (χ2v) is 8.42. The molecule has 160 valence electrons. The fourth-order valence-electron chi connectivity index (χ4n) is 4.34. The molecule has 0 radical (unpaired) electrons. The number of likely N-dealkylation sites (tertiary alicyclic amines) is 1. The van der Waals surface area contributed by atoms with Gasteiger partial charge in [0.2, 0.25) is 11.8 Å². The van der Waals surface area contributed by atoms with E-state index in [2.05, 4.69) is 15.6 Å². The number of nitrogens with one attached hydrogen (secondary N) is 2. The van der Waals surface area contributed by atoms with Gasteiger partial charge >= 0.3 is 0 Å². The summed E-state index contributed by atoms with van der Waals surface area (Å²) in [5.41, 5.74) is -0.101. The van der Waals surface area contributed by atoms with E-state index in [1.54, 1.807) is 19.4 Å². The molecule has 2 aliphatic rings. The average molecular weight is 405 g/mol. The van der Waals surface area contributed by atoms with Crippen LogP contribution in [0, 0.1) is 0 Å². The highest BCUT2D eigenvalue weighted by Crippen LogP contribution is 2.39. The van der Waals surface area contributed by atoms with Crippen molar-refractivity contribution in [2.75, 3.05) is 33.3 Å². The third-order valence-corrected chi connectivity index (χ3v) is 6.14. The Kier molecular flexibility index (Phi) is 6.87. The van der Waals surface area contributed by atoms with Crippen molar-refractivity contribution in [2.45, 2.75) is 56.3 Å². The summed E-state index contributed by atoms with van der Waals surface area (Å²) < 4.78 is 6.05. The zero-order valence-electron chi connectivity index (χ0n) is 17.3. The van der Waals surface area contributed by atoms with Gasteiger partial charge in [-0.1, -0.05) is 0 Å². The summed E-state index contributed by atoms with van der Waals surface area (Å²) >= 11 is 0. The van der Waals surface area contributed by atoms with Gasteiger partial charge in [0, 0.05) is 38.3 Å². The van der Waals surface area contributed by atoms with Crippen LogP contribution in [0.25, 0.3) is 0 Å². The van der Waals surface area contributed by atoms with E-state index in [1.807, 2.05) is 24.0 Å². The minimum Gasteiger partial charge on any atom is -0.388 e. The number of likely N-dealkylation sites (N-methyl/N-ethyl adjacent to an activating group) is 1. The van der Waals surface area contributed by atoms with Crippen molar-refractivity contribution >= 4 is 11.8 Å². The molecular formula is C21H32N4O4. The van der Waals surface area contributed by atoms with Crippen molar-refractivity contribution in [3.8, 4) is 0 Å². The van der Waals surface area contributed by atoms with Crippen LogP contribution >= 0.6 is 0 Å². The summed E-state index contributed by atoms with van der Waals surface area (Å²) in [4.78, 5) is 30.5. The van der Waals surface area contributed by atoms with Gasteiger partial charge in [0.1, 0.15) is 6.10 Å². The number of aliphatic hydroxyl groups is 1. The standard InChI is InChI=1S/C21H32N4O4/c1-20(24-18(27)4-3-16-5-9-23-10-6-16)15-21(29-14-17(20)26)7-11-25(12-8-21)19(28)13-22-2/h5-6,9-10,17,22,26H,3-4,7-8,11-15H2,1-2H3,(H,24,27)/t17-,20-/m0/s1. The Morgan fingerprint density at radius 1 is 1.31 bits per heavy atom. The van der Waals surface area contributed by atoms with Gasteiger partial charge in [0.25, 0.3) is 0 Å². The Balaban J connectivity index is 1.57. The number of aryl methyl sites for hydroxylation is 1. The highest BCUT2D eigenvalue weighted by molar-refractivity contribution is 5.78. The molecule has 3 heterocycles. The van der Waals surface area contributed by atoms with Gasteiger partial charge in [0.05, 0.1) is 24.3 Å². The van der Waals surface area contributed by atoms with E-state index in [4.69, 9.17) is 4.74 Å². The van der Waals surface area contributed by atoms with Crippen molar-refractivity contribution in [1.29, 1.82) is 0 Å². The number of nitrogens with zero attached hydrogens (tertiary/aromatic N) is 2. The summed E-state index contributed by atoms with van der Waals surface area (Å²) in [5.74, 6) is 0.00687. The predicted octanol–water partition coefficient (Wildman–Crippen LogP) is 0.251. The van der Waals surface area contributed by atoms with Crippen LogP contribution in [0.15, 0.2) is 24.5 Å². The van der Waals surface area contributed by atoms with Crippen LogP contribution in [0.1, 0.15) is 38.2 Å². The molecule has 0 unspecified atom stereocenters. The van der Waals surface area contributed by atoms with E-state index in [0.717, 1.165) is 5.56 Å². The molecule has 0 saturated carbocycles. The van der Waals surface area contributed by atoms with Crippen LogP contribution in [0.4, 0.5) is 0 Å². The zero-order valence-corrected chi connectivity index (χ0v) is 17.3. The number of amides is 2. The number of aromatic nitrogens is 1. The highest BCUT2D eigenvalue weighted by Gasteiger charge is 2.50. The number of aliphatic hydroxyl groups excluding tert-OH is 1. The highest BCUT2D eigenvalue weighted by atomic mass is 16.5. The molecule has 2 amide bonds. The van der Waals surface area contributed by atoms with Crippen LogP contribution in [-0.4, -0.2) is 77.3 Å². The van der Waals surface area contributed by atoms with Crippen molar-refractivity contribution in [2.24, 2.45) is 0 Å². The minimum absolute atomic E-state index is 0.0814. The van der Waals surface area contributed by atoms with Gasteiger partial charge in [-0.3, -0.25) is 14.6 Å². The Labute approximate surface area is 172 Å². The van der Waals surface area contributed by atoms with Gasteiger partial charge in [-0.15, -0.1) is 0 Å². The number of pyridine rings is 1. The van der Waals surface area contributed by atoms with Crippen LogP contribution in [0.5, 0.6) is 0 Å². The molecule has 1 spiro atoms. The maximum absolute atomic E-state index is 12.6. The van der Waals surface area contributed by atoms with E-state index >= 15 is 0 Å². The van der Waals surface area contributed by atoms with E-state index in [-0.39, 0.29) is 18.4 Å². The van der Waals surface area contributed by atoms with Crippen molar-refractivity contribution < 1.29 is 19.4 Å². The molecule has 2 saturated heterocycles. The molecule has 29 heavy (non-hydrogen) atoms. The second kappa shape index (κ2) is 9.19. The van der Waals surface area contributed by atoms with Crippen LogP contribution in [0.2, 0.25) is 0 Å². The molecule has 3 N–H and O–H groups in total. The summed E-state index contributed by atoms with van der Waals surface area (Å²) in [7, 11) is 1.76. The fraction of sp³-hybridized carbons (Fsp3) is 0.667. The number of hydrogen-bond acceptors (Lipinski definition) is 6. The molecule has 8 nitrogen and oxygen atoms in total. The molecule has 0 bridgehead atoms. The van der Waals surface area contributed by atoms with Crippen LogP contribution in [0.3, 0.4) is 0 Å². The molecule has 3 rings (SSSR count). The van der Waals surface area contributed by atoms with Crippen LogP contribution in [-0.2, 0) is 20.7 Å². The molecular weight excluding hydrogens is 372 g/mol. The van der Waals surface area contributed by atoms with E-state index < -0.39 is 17.2 Å². The molecule has 2 atom stereocenters. The Morgan fingerprint density at radius 2 is 2.00 bits per heavy atom. The van der Waals surface area contributed by atoms with Gasteiger partial charge in [-0.05, 0) is 50.9 Å². The topological polar surface area (TPSA) is 104 Å². The van der Waals surface area contributed by atoms with Crippen molar-refractivity contribution in [3.63, 3.8) is 0 Å². The first-order valence-corrected chi connectivity index (χ1v) is 10.3. The first kappa shape index (κ1) is 21.7. The lowest BCUT2D eigenvalue weighted by molar-refractivity contribution is -0.182. The van der Waals surface area contributed by atoms with Gasteiger partial charge in [0.15, 0.2) is 0 Å². The number of carbonyl (C=O) groups is 2. The third-order valence-electron chi connectivity index (χ3n) is 6.14. The summed E-state index contributed by atoms with van der Waals surface area (Å²) in [6.45, 7) is 3.67. The van der Waals surface area contributed by atoms with E-state index in [0.29, 0.717) is 51.7 Å². The predicted molar refractivity (Wildman–Crippen MR) is 108 cm³/mol. The maximum atomic E-state index is 12.6. The number of ether oxygens (including phenoxy) is 1. The Bertz CT molecular complexity index is 706. The van der Waals surface area contributed by atoms with E-state index in [1.165, 1.54) is 0 Å². The summed E-state index contributed by atoms with van der Waals surface area (Å²) in [6, 6.07) is 3.80. The second-order valence-electron chi connectivity index (χ2n) is 8.42. The molecule has 8 heteroatoms. The fourth-order valence-corrected chi connectivity index (χ4v) is 4.34. The van der Waals surface area contributed by atoms with Gasteiger partial charge in [-0.2, -0.15) is 0 Å². The van der Waals surface area contributed by atoms with Crippen molar-refractivity contribution in [3.05, 3.63) is 30.1 Å². The SMILES string of the molecule is CNCC(=O)N1CCC2(CC1)C[C@](C)(NC(=O)CCc1ccncc1)[C@@H](O)CO2. The Hall–Kier alpha value is -2.03. The average Bonchev–Trinajstić information content (AvgIpc) is 2.71. The lowest BCUT2D eigenvalue weighted by atomic mass is 9.74. The molecule has 2 fully saturated rings. The molecule has 2 aliphatic heterocycles. The normalized spacial score (nSPS) is 26.3. The molecule has 1 aromatic heterocycles. The summed E-state index contributed by atoms with van der Waals surface area (Å²) in [6.07, 6.45) is 5.60. The van der Waals surface area contributed by atoms with Crippen LogP contribution < -0.4 is 10.6 Å². The van der Waals surface area contributed by atoms with E-state index in [9.17, 15) is 14.7 Å². The number of rotatable bonds is 6. The smallest absolute Gasteiger partial charge is 0.236 e. The van der Waals surface area contributed by atoms with Crippen molar-refractivity contribution in [1.82, 2.24) is 20.5 Å².